The van der Waals surface area contributed by atoms with Gasteiger partial charge in [0.05, 0.1) is 0 Å². The highest BCUT2D eigenvalue weighted by molar-refractivity contribution is 9.10. The van der Waals surface area contributed by atoms with E-state index in [2.05, 4.69) is 26.6 Å². The Morgan fingerprint density at radius 2 is 2.17 bits per heavy atom. The zero-order valence-electron chi connectivity index (χ0n) is 10.0. The minimum absolute atomic E-state index is 0.135. The maximum Gasteiger partial charge on any atom is 0.223 e. The van der Waals surface area contributed by atoms with Crippen LogP contribution in [0.15, 0.2) is 22.7 Å². The minimum atomic E-state index is 0.135. The number of rotatable bonds is 3. The molecule has 0 atom stereocenters. The molecule has 0 spiro atoms. The summed E-state index contributed by atoms with van der Waals surface area (Å²) in [6, 6.07) is 5.70. The smallest absolute Gasteiger partial charge is 0.223 e. The Hall–Kier alpha value is -0.580. The molecule has 3 nitrogen and oxygen atoms in total. The highest BCUT2D eigenvalue weighted by Crippen LogP contribution is 2.21. The molecule has 0 aromatic heterocycles. The second-order valence-electron chi connectivity index (χ2n) is 4.48. The molecular weight excluding hydrogens is 316 g/mol. The molecule has 0 radical (unpaired) electrons. The summed E-state index contributed by atoms with van der Waals surface area (Å²) < 4.78 is 0.945. The van der Waals surface area contributed by atoms with Crippen LogP contribution in [0.4, 0.5) is 0 Å². The van der Waals surface area contributed by atoms with Gasteiger partial charge in [-0.1, -0.05) is 33.6 Å². The van der Waals surface area contributed by atoms with Crippen molar-refractivity contribution in [3.05, 3.63) is 33.3 Å². The molecule has 1 aliphatic rings. The first kappa shape index (κ1) is 13.8. The zero-order chi connectivity index (χ0) is 13.0. The van der Waals surface area contributed by atoms with E-state index in [0.29, 0.717) is 11.6 Å². The summed E-state index contributed by atoms with van der Waals surface area (Å²) in [5.74, 6) is 0.274. The predicted octanol–water partition coefficient (Wildman–Crippen LogP) is 2.72. The van der Waals surface area contributed by atoms with Gasteiger partial charge in [-0.05, 0) is 43.6 Å². The van der Waals surface area contributed by atoms with Gasteiger partial charge in [0, 0.05) is 22.0 Å². The minimum Gasteiger partial charge on any atom is -0.352 e. The van der Waals surface area contributed by atoms with Crippen LogP contribution in [0.25, 0.3) is 0 Å². The SMILES string of the molecule is O=C(NCc1ccc(Br)cc1Cl)C1CCNCC1. The highest BCUT2D eigenvalue weighted by atomic mass is 79.9. The molecule has 0 aliphatic carbocycles. The number of hydrogen-bond donors (Lipinski definition) is 2. The van der Waals surface area contributed by atoms with Crippen LogP contribution in [0.1, 0.15) is 18.4 Å². The van der Waals surface area contributed by atoms with E-state index < -0.39 is 0 Å². The van der Waals surface area contributed by atoms with E-state index in [-0.39, 0.29) is 11.8 Å². The number of benzene rings is 1. The van der Waals surface area contributed by atoms with Crippen molar-refractivity contribution in [1.82, 2.24) is 10.6 Å². The summed E-state index contributed by atoms with van der Waals surface area (Å²) in [5, 5.41) is 6.89. The number of hydrogen-bond acceptors (Lipinski definition) is 2. The Morgan fingerprint density at radius 3 is 2.83 bits per heavy atom. The van der Waals surface area contributed by atoms with Crippen molar-refractivity contribution in [2.24, 2.45) is 5.92 Å². The fraction of sp³-hybridized carbons (Fsp3) is 0.462. The van der Waals surface area contributed by atoms with Gasteiger partial charge >= 0.3 is 0 Å². The number of halogens is 2. The second kappa shape index (κ2) is 6.55. The summed E-state index contributed by atoms with van der Waals surface area (Å²) in [6.07, 6.45) is 1.83. The van der Waals surface area contributed by atoms with Crippen molar-refractivity contribution < 1.29 is 4.79 Å². The topological polar surface area (TPSA) is 41.1 Å². The molecule has 0 saturated carbocycles. The average molecular weight is 332 g/mol. The highest BCUT2D eigenvalue weighted by Gasteiger charge is 2.20. The van der Waals surface area contributed by atoms with Crippen molar-refractivity contribution in [2.45, 2.75) is 19.4 Å². The van der Waals surface area contributed by atoms with Crippen molar-refractivity contribution in [3.63, 3.8) is 0 Å². The van der Waals surface area contributed by atoms with Crippen molar-refractivity contribution in [1.29, 1.82) is 0 Å². The third-order valence-corrected chi connectivity index (χ3v) is 4.02. The molecule has 18 heavy (non-hydrogen) atoms. The van der Waals surface area contributed by atoms with E-state index >= 15 is 0 Å². The van der Waals surface area contributed by atoms with Crippen molar-refractivity contribution in [3.8, 4) is 0 Å². The van der Waals surface area contributed by atoms with Gasteiger partial charge in [-0.3, -0.25) is 4.79 Å². The summed E-state index contributed by atoms with van der Waals surface area (Å²) in [4.78, 5) is 12.0. The Labute approximate surface area is 120 Å². The summed E-state index contributed by atoms with van der Waals surface area (Å²) in [7, 11) is 0. The van der Waals surface area contributed by atoms with Crippen LogP contribution in [0.5, 0.6) is 0 Å². The van der Waals surface area contributed by atoms with Gasteiger partial charge < -0.3 is 10.6 Å². The van der Waals surface area contributed by atoms with Crippen molar-refractivity contribution in [2.75, 3.05) is 13.1 Å². The van der Waals surface area contributed by atoms with Gasteiger partial charge in [0.1, 0.15) is 0 Å². The predicted molar refractivity (Wildman–Crippen MR) is 76.6 cm³/mol. The molecule has 2 rings (SSSR count). The van der Waals surface area contributed by atoms with Crippen LogP contribution in [0, 0.1) is 5.92 Å². The molecule has 1 aromatic rings. The fourth-order valence-corrected chi connectivity index (χ4v) is 2.82. The first-order valence-electron chi connectivity index (χ1n) is 6.09. The lowest BCUT2D eigenvalue weighted by Gasteiger charge is -2.21. The fourth-order valence-electron chi connectivity index (χ4n) is 2.08. The van der Waals surface area contributed by atoms with Gasteiger partial charge in [-0.2, -0.15) is 0 Å². The lowest BCUT2D eigenvalue weighted by atomic mass is 9.97. The average Bonchev–Trinajstić information content (AvgIpc) is 2.38. The summed E-state index contributed by atoms with van der Waals surface area (Å²) >= 11 is 9.47. The Bertz CT molecular complexity index is 433. The first-order chi connectivity index (χ1) is 8.66. The van der Waals surface area contributed by atoms with Gasteiger partial charge in [-0.15, -0.1) is 0 Å². The zero-order valence-corrected chi connectivity index (χ0v) is 12.4. The molecule has 1 aromatic carbocycles. The lowest BCUT2D eigenvalue weighted by molar-refractivity contribution is -0.125. The Balaban J connectivity index is 1.88. The van der Waals surface area contributed by atoms with E-state index in [1.165, 1.54) is 0 Å². The normalized spacial score (nSPS) is 16.6. The molecule has 5 heteroatoms. The molecule has 1 aliphatic heterocycles. The van der Waals surface area contributed by atoms with E-state index in [0.717, 1.165) is 36.0 Å². The molecule has 1 fully saturated rings. The number of carbonyl (C=O) groups excluding carboxylic acids is 1. The third kappa shape index (κ3) is 3.70. The first-order valence-corrected chi connectivity index (χ1v) is 7.26. The lowest BCUT2D eigenvalue weighted by Crippen LogP contribution is -2.37. The van der Waals surface area contributed by atoms with Gasteiger partial charge in [0.2, 0.25) is 5.91 Å². The maximum absolute atomic E-state index is 12.0. The number of amides is 1. The van der Waals surface area contributed by atoms with Crippen LogP contribution in [-0.4, -0.2) is 19.0 Å². The Morgan fingerprint density at radius 1 is 1.44 bits per heavy atom. The van der Waals surface area contributed by atoms with E-state index in [1.807, 2.05) is 18.2 Å². The number of carbonyl (C=O) groups is 1. The standard InChI is InChI=1S/C13H16BrClN2O/c14-11-2-1-10(12(15)7-11)8-17-13(18)9-3-5-16-6-4-9/h1-2,7,9,16H,3-6,8H2,(H,17,18). The van der Waals surface area contributed by atoms with Crippen LogP contribution in [0.2, 0.25) is 5.02 Å². The molecule has 98 valence electrons. The third-order valence-electron chi connectivity index (χ3n) is 3.18. The molecule has 1 amide bonds. The number of piperidine rings is 1. The summed E-state index contributed by atoms with van der Waals surface area (Å²) in [6.45, 7) is 2.35. The molecule has 1 saturated heterocycles. The van der Waals surface area contributed by atoms with Gasteiger partial charge in [0.25, 0.3) is 0 Å². The largest absolute Gasteiger partial charge is 0.352 e. The molecule has 2 N–H and O–H groups in total. The summed E-state index contributed by atoms with van der Waals surface area (Å²) in [5.41, 5.74) is 0.946. The van der Waals surface area contributed by atoms with Crippen molar-refractivity contribution >= 4 is 33.4 Å². The Kier molecular flexibility index (Phi) is 5.03. The van der Waals surface area contributed by atoms with Gasteiger partial charge in [-0.25, -0.2) is 0 Å². The number of nitrogens with one attached hydrogen (secondary N) is 2. The molecule has 1 heterocycles. The van der Waals surface area contributed by atoms with Crippen LogP contribution >= 0.6 is 27.5 Å². The quantitative estimate of drug-likeness (QED) is 0.894. The second-order valence-corrected chi connectivity index (χ2v) is 5.80. The van der Waals surface area contributed by atoms with E-state index in [1.54, 1.807) is 0 Å². The molecular formula is C13H16BrClN2O. The monoisotopic (exact) mass is 330 g/mol. The maximum atomic E-state index is 12.0. The van der Waals surface area contributed by atoms with E-state index in [9.17, 15) is 4.79 Å². The molecule has 0 bridgehead atoms. The van der Waals surface area contributed by atoms with Crippen LogP contribution in [0.3, 0.4) is 0 Å². The van der Waals surface area contributed by atoms with Gasteiger partial charge in [0.15, 0.2) is 0 Å². The van der Waals surface area contributed by atoms with E-state index in [4.69, 9.17) is 11.6 Å². The molecule has 0 unspecified atom stereocenters. The van der Waals surface area contributed by atoms with Crippen LogP contribution < -0.4 is 10.6 Å². The van der Waals surface area contributed by atoms with Crippen LogP contribution in [-0.2, 0) is 11.3 Å².